The van der Waals surface area contributed by atoms with Crippen LogP contribution in [0.1, 0.15) is 5.56 Å². The molecule has 4 rings (SSSR count). The summed E-state index contributed by atoms with van der Waals surface area (Å²) >= 11 is 6.08. The highest BCUT2D eigenvalue weighted by Crippen LogP contribution is 2.31. The summed E-state index contributed by atoms with van der Waals surface area (Å²) < 4.78 is 38.5. The number of nitrogens with zero attached hydrogens (tertiary/aromatic N) is 5. The summed E-state index contributed by atoms with van der Waals surface area (Å²) in [5.41, 5.74) is 0.184. The molecule has 0 unspecified atom stereocenters. The van der Waals surface area contributed by atoms with Gasteiger partial charge >= 0.3 is 6.18 Å². The van der Waals surface area contributed by atoms with Gasteiger partial charge in [-0.25, -0.2) is 15.0 Å². The van der Waals surface area contributed by atoms with Crippen molar-refractivity contribution >= 4 is 34.4 Å². The van der Waals surface area contributed by atoms with E-state index in [0.29, 0.717) is 54.1 Å². The molecule has 26 heavy (non-hydrogen) atoms. The Kier molecular flexibility index (Phi) is 4.10. The van der Waals surface area contributed by atoms with E-state index >= 15 is 0 Å². The van der Waals surface area contributed by atoms with Crippen LogP contribution < -0.4 is 9.80 Å². The molecule has 136 valence electrons. The Morgan fingerprint density at radius 2 is 1.69 bits per heavy atom. The zero-order valence-electron chi connectivity index (χ0n) is 13.5. The van der Waals surface area contributed by atoms with Gasteiger partial charge < -0.3 is 14.8 Å². The lowest BCUT2D eigenvalue weighted by Gasteiger charge is -2.35. The van der Waals surface area contributed by atoms with Gasteiger partial charge in [0.15, 0.2) is 11.0 Å². The average molecular weight is 383 g/mol. The first-order chi connectivity index (χ1) is 12.4. The molecular formula is C16H14ClF3N6. The number of rotatable bonds is 2. The van der Waals surface area contributed by atoms with Crippen LogP contribution in [0, 0.1) is 0 Å². The molecule has 0 atom stereocenters. The maximum atomic E-state index is 12.8. The number of H-pyrrole nitrogens is 1. The molecule has 0 radical (unpaired) electrons. The quantitative estimate of drug-likeness (QED) is 0.736. The van der Waals surface area contributed by atoms with Crippen LogP contribution in [0.2, 0.25) is 5.15 Å². The van der Waals surface area contributed by atoms with E-state index in [9.17, 15) is 13.2 Å². The third kappa shape index (κ3) is 3.14. The number of anilines is 2. The molecule has 2 aromatic heterocycles. The second-order valence-electron chi connectivity index (χ2n) is 5.93. The van der Waals surface area contributed by atoms with Crippen LogP contribution >= 0.6 is 11.6 Å². The van der Waals surface area contributed by atoms with Crippen LogP contribution in [0.15, 0.2) is 30.6 Å². The van der Waals surface area contributed by atoms with Crippen molar-refractivity contribution < 1.29 is 13.2 Å². The molecule has 0 saturated carbocycles. The van der Waals surface area contributed by atoms with E-state index in [1.165, 1.54) is 12.3 Å². The Labute approximate surface area is 151 Å². The van der Waals surface area contributed by atoms with Gasteiger partial charge in [0.25, 0.3) is 0 Å². The molecule has 10 heteroatoms. The monoisotopic (exact) mass is 382 g/mol. The molecule has 1 aliphatic heterocycles. The molecule has 0 spiro atoms. The number of aromatic nitrogens is 4. The van der Waals surface area contributed by atoms with Crippen molar-refractivity contribution in [1.82, 2.24) is 19.9 Å². The molecule has 3 heterocycles. The number of aromatic amines is 1. The zero-order valence-corrected chi connectivity index (χ0v) is 14.2. The fourth-order valence-electron chi connectivity index (χ4n) is 2.98. The van der Waals surface area contributed by atoms with Crippen LogP contribution in [-0.4, -0.2) is 46.1 Å². The minimum atomic E-state index is -4.37. The third-order valence-corrected chi connectivity index (χ3v) is 4.58. The van der Waals surface area contributed by atoms with E-state index in [1.807, 2.05) is 9.80 Å². The van der Waals surface area contributed by atoms with Crippen molar-refractivity contribution in [2.24, 2.45) is 0 Å². The number of piperazine rings is 1. The van der Waals surface area contributed by atoms with Gasteiger partial charge in [0.1, 0.15) is 0 Å². The number of fused-ring (bicyclic) bond motifs is 1. The third-order valence-electron chi connectivity index (χ3n) is 4.31. The molecule has 0 bridgehead atoms. The van der Waals surface area contributed by atoms with Gasteiger partial charge in [-0.15, -0.1) is 0 Å². The van der Waals surface area contributed by atoms with E-state index in [0.717, 1.165) is 12.1 Å². The summed E-state index contributed by atoms with van der Waals surface area (Å²) in [4.78, 5) is 19.7. The second kappa shape index (κ2) is 6.31. The lowest BCUT2D eigenvalue weighted by atomic mass is 10.2. The molecule has 1 N–H and O–H groups in total. The lowest BCUT2D eigenvalue weighted by Crippen LogP contribution is -2.47. The van der Waals surface area contributed by atoms with Crippen molar-refractivity contribution in [2.75, 3.05) is 36.0 Å². The van der Waals surface area contributed by atoms with Gasteiger partial charge in [0, 0.05) is 38.6 Å². The Morgan fingerprint density at radius 1 is 1.00 bits per heavy atom. The van der Waals surface area contributed by atoms with Gasteiger partial charge in [-0.1, -0.05) is 11.6 Å². The van der Waals surface area contributed by atoms with Crippen molar-refractivity contribution in [3.63, 3.8) is 0 Å². The fraction of sp³-hybridized carbons (Fsp3) is 0.312. The fourth-order valence-corrected chi connectivity index (χ4v) is 3.20. The highest BCUT2D eigenvalue weighted by molar-refractivity contribution is 6.31. The van der Waals surface area contributed by atoms with Gasteiger partial charge in [-0.05, 0) is 18.2 Å². The molecule has 0 amide bonds. The first-order valence-corrected chi connectivity index (χ1v) is 8.33. The number of halogens is 4. The normalized spacial score (nSPS) is 15.7. The van der Waals surface area contributed by atoms with E-state index in [2.05, 4.69) is 19.9 Å². The predicted octanol–water partition coefficient (Wildman–Crippen LogP) is 3.35. The van der Waals surface area contributed by atoms with Gasteiger partial charge in [0.05, 0.1) is 16.6 Å². The maximum absolute atomic E-state index is 12.8. The molecule has 0 aliphatic carbocycles. The first kappa shape index (κ1) is 16.9. The number of benzene rings is 1. The number of nitrogens with one attached hydrogen (secondary N) is 1. The van der Waals surface area contributed by atoms with E-state index in [-0.39, 0.29) is 0 Å². The molecule has 1 aromatic carbocycles. The van der Waals surface area contributed by atoms with Crippen molar-refractivity contribution in [3.8, 4) is 0 Å². The summed E-state index contributed by atoms with van der Waals surface area (Å²) in [5, 5.41) is 0.351. The van der Waals surface area contributed by atoms with Crippen LogP contribution in [-0.2, 0) is 6.18 Å². The zero-order chi connectivity index (χ0) is 18.3. The Morgan fingerprint density at radius 3 is 2.38 bits per heavy atom. The first-order valence-electron chi connectivity index (χ1n) is 7.95. The average Bonchev–Trinajstić information content (AvgIpc) is 3.05. The van der Waals surface area contributed by atoms with Crippen molar-refractivity contribution in [3.05, 3.63) is 41.3 Å². The smallest absolute Gasteiger partial charge is 0.351 e. The number of hydrogen-bond acceptors (Lipinski definition) is 5. The lowest BCUT2D eigenvalue weighted by molar-refractivity contribution is -0.137. The van der Waals surface area contributed by atoms with E-state index in [4.69, 9.17) is 11.6 Å². The van der Waals surface area contributed by atoms with Crippen molar-refractivity contribution in [1.29, 1.82) is 0 Å². The van der Waals surface area contributed by atoms with Crippen LogP contribution in [0.3, 0.4) is 0 Å². The highest BCUT2D eigenvalue weighted by Gasteiger charge is 2.31. The summed E-state index contributed by atoms with van der Waals surface area (Å²) in [6, 6.07) is 3.51. The Bertz CT molecular complexity index is 933. The van der Waals surface area contributed by atoms with Gasteiger partial charge in [0.2, 0.25) is 5.95 Å². The number of alkyl halides is 3. The maximum Gasteiger partial charge on any atom is 0.416 e. The predicted molar refractivity (Wildman–Crippen MR) is 92.6 cm³/mol. The summed E-state index contributed by atoms with van der Waals surface area (Å²) in [6.45, 7) is 2.59. The standard InChI is InChI=1S/C16H14ClF3N6/c17-13-14(22-4-3-21-13)25-5-7-26(8-6-25)15-23-11-2-1-10(16(18,19)20)9-12(11)24-15/h1-4,9H,5-8H2,(H,23,24). The van der Waals surface area contributed by atoms with Crippen LogP contribution in [0.5, 0.6) is 0 Å². The SMILES string of the molecule is FC(F)(F)c1ccc2nc(N3CCN(c4nccnc4Cl)CC3)[nH]c2c1. The van der Waals surface area contributed by atoms with Gasteiger partial charge in [-0.2, -0.15) is 13.2 Å². The molecule has 1 saturated heterocycles. The van der Waals surface area contributed by atoms with Crippen LogP contribution in [0.4, 0.5) is 24.9 Å². The number of hydrogen-bond donors (Lipinski definition) is 1. The van der Waals surface area contributed by atoms with E-state index < -0.39 is 11.7 Å². The molecule has 1 fully saturated rings. The van der Waals surface area contributed by atoms with Gasteiger partial charge in [-0.3, -0.25) is 0 Å². The van der Waals surface area contributed by atoms with E-state index in [1.54, 1.807) is 6.20 Å². The molecule has 3 aromatic rings. The molecule has 1 aliphatic rings. The second-order valence-corrected chi connectivity index (χ2v) is 6.29. The molecular weight excluding hydrogens is 369 g/mol. The topological polar surface area (TPSA) is 60.9 Å². The van der Waals surface area contributed by atoms with Crippen molar-refractivity contribution in [2.45, 2.75) is 6.18 Å². The largest absolute Gasteiger partial charge is 0.416 e. The summed E-state index contributed by atoms with van der Waals surface area (Å²) in [5.74, 6) is 1.19. The minimum absolute atomic E-state index is 0.351. The highest BCUT2D eigenvalue weighted by atomic mass is 35.5. The summed E-state index contributed by atoms with van der Waals surface area (Å²) in [7, 11) is 0. The van der Waals surface area contributed by atoms with Crippen LogP contribution in [0.25, 0.3) is 11.0 Å². The number of imidazole rings is 1. The molecule has 6 nitrogen and oxygen atoms in total. The Hall–Kier alpha value is -2.55. The summed E-state index contributed by atoms with van der Waals surface area (Å²) in [6.07, 6.45) is -1.25. The minimum Gasteiger partial charge on any atom is -0.351 e. The Balaban J connectivity index is 1.52.